The van der Waals surface area contributed by atoms with Crippen molar-refractivity contribution < 1.29 is 4.79 Å². The number of rotatable bonds is 4. The Labute approximate surface area is 161 Å². The molecule has 1 N–H and O–H groups in total. The summed E-state index contributed by atoms with van der Waals surface area (Å²) in [5, 5.41) is 5.41. The Bertz CT molecular complexity index is 627. The van der Waals surface area contributed by atoms with Crippen LogP contribution in [0.3, 0.4) is 0 Å². The first-order valence-electron chi connectivity index (χ1n) is 10.1. The van der Waals surface area contributed by atoms with Gasteiger partial charge in [0.15, 0.2) is 0 Å². The molecule has 0 saturated carbocycles. The Hall–Kier alpha value is -0.950. The van der Waals surface area contributed by atoms with Gasteiger partial charge < -0.3 is 5.32 Å². The molecule has 1 amide bonds. The van der Waals surface area contributed by atoms with E-state index in [0.29, 0.717) is 6.42 Å². The fraction of sp³-hybridized carbons (Fsp3) is 0.750. The Kier molecular flexibility index (Phi) is 5.64. The topological polar surface area (TPSA) is 38.8 Å². The number of likely N-dealkylation sites (tertiary alicyclic amines) is 1. The highest BCUT2D eigenvalue weighted by atomic mass is 32.1. The molecule has 144 valence electrons. The normalized spacial score (nSPS) is 29.2. The van der Waals surface area contributed by atoms with Crippen LogP contribution in [0.1, 0.15) is 42.5 Å². The first-order chi connectivity index (χ1) is 12.6. The number of nitrogens with zero attached hydrogens (tertiary/aromatic N) is 3. The second-order valence-corrected chi connectivity index (χ2v) is 9.36. The summed E-state index contributed by atoms with van der Waals surface area (Å²) in [5.41, 5.74) is 1.65. The predicted molar refractivity (Wildman–Crippen MR) is 106 cm³/mol. The van der Waals surface area contributed by atoms with Crippen molar-refractivity contribution in [2.24, 2.45) is 0 Å². The number of hydrogen-bond acceptors (Lipinski definition) is 5. The summed E-state index contributed by atoms with van der Waals surface area (Å²) in [7, 11) is 2.24. The van der Waals surface area contributed by atoms with Crippen molar-refractivity contribution in [2.45, 2.75) is 50.7 Å². The van der Waals surface area contributed by atoms with Crippen molar-refractivity contribution in [2.75, 3.05) is 46.3 Å². The van der Waals surface area contributed by atoms with Crippen molar-refractivity contribution in [1.29, 1.82) is 0 Å². The number of piperazine rings is 1. The second-order valence-electron chi connectivity index (χ2n) is 8.36. The van der Waals surface area contributed by atoms with Crippen LogP contribution in [0.5, 0.6) is 0 Å². The van der Waals surface area contributed by atoms with Crippen LogP contribution in [0.25, 0.3) is 0 Å². The molecule has 1 aromatic rings. The molecule has 0 bridgehead atoms. The highest BCUT2D eigenvalue weighted by Gasteiger charge is 2.40. The van der Waals surface area contributed by atoms with Gasteiger partial charge >= 0.3 is 0 Å². The van der Waals surface area contributed by atoms with E-state index in [2.05, 4.69) is 38.5 Å². The number of amides is 1. The minimum atomic E-state index is 0.160. The fourth-order valence-electron chi connectivity index (χ4n) is 4.82. The molecule has 1 spiro atoms. The SMILES string of the molecule is CN1CCN(Cc2cc(CN3CCCC3)cs2)C[C@@]12CCNC(=O)CC2. The highest BCUT2D eigenvalue weighted by Crippen LogP contribution is 2.31. The van der Waals surface area contributed by atoms with Gasteiger partial charge in [0, 0.05) is 56.1 Å². The van der Waals surface area contributed by atoms with Crippen LogP contribution < -0.4 is 5.32 Å². The Morgan fingerprint density at radius 3 is 2.81 bits per heavy atom. The van der Waals surface area contributed by atoms with E-state index in [1.165, 1.54) is 36.4 Å². The minimum absolute atomic E-state index is 0.160. The van der Waals surface area contributed by atoms with E-state index in [4.69, 9.17) is 0 Å². The smallest absolute Gasteiger partial charge is 0.220 e. The summed E-state index contributed by atoms with van der Waals surface area (Å²) >= 11 is 1.92. The molecular formula is C20H32N4OS. The van der Waals surface area contributed by atoms with Crippen LogP contribution in [-0.4, -0.2) is 72.5 Å². The lowest BCUT2D eigenvalue weighted by Crippen LogP contribution is -2.60. The molecule has 5 nitrogen and oxygen atoms in total. The number of carbonyl (C=O) groups excluding carboxylic acids is 1. The molecule has 6 heteroatoms. The summed E-state index contributed by atoms with van der Waals surface area (Å²) in [6.07, 6.45) is 5.43. The van der Waals surface area contributed by atoms with Crippen molar-refractivity contribution in [1.82, 2.24) is 20.0 Å². The molecule has 3 fully saturated rings. The van der Waals surface area contributed by atoms with Gasteiger partial charge in [0.25, 0.3) is 0 Å². The van der Waals surface area contributed by atoms with Gasteiger partial charge in [-0.25, -0.2) is 0 Å². The monoisotopic (exact) mass is 376 g/mol. The Morgan fingerprint density at radius 1 is 1.12 bits per heavy atom. The highest BCUT2D eigenvalue weighted by molar-refractivity contribution is 7.10. The zero-order valence-corrected chi connectivity index (χ0v) is 16.8. The van der Waals surface area contributed by atoms with Gasteiger partial charge in [-0.05, 0) is 62.8 Å². The van der Waals surface area contributed by atoms with Crippen LogP contribution in [-0.2, 0) is 17.9 Å². The number of thiophene rings is 1. The Morgan fingerprint density at radius 2 is 1.96 bits per heavy atom. The molecular weight excluding hydrogens is 344 g/mol. The summed E-state index contributed by atoms with van der Waals surface area (Å²) in [6.45, 7) is 8.82. The van der Waals surface area contributed by atoms with Gasteiger partial charge in [-0.1, -0.05) is 0 Å². The van der Waals surface area contributed by atoms with E-state index in [0.717, 1.165) is 52.1 Å². The van der Waals surface area contributed by atoms with E-state index in [-0.39, 0.29) is 11.4 Å². The lowest BCUT2D eigenvalue weighted by atomic mass is 9.86. The zero-order valence-electron chi connectivity index (χ0n) is 16.0. The van der Waals surface area contributed by atoms with Gasteiger partial charge in [-0.2, -0.15) is 0 Å². The third-order valence-corrected chi connectivity index (χ3v) is 7.47. The second kappa shape index (κ2) is 7.97. The summed E-state index contributed by atoms with van der Waals surface area (Å²) in [6, 6.07) is 2.42. The van der Waals surface area contributed by atoms with Gasteiger partial charge in [0.2, 0.25) is 5.91 Å². The van der Waals surface area contributed by atoms with Crippen molar-refractivity contribution >= 4 is 17.2 Å². The van der Waals surface area contributed by atoms with E-state index in [9.17, 15) is 4.79 Å². The minimum Gasteiger partial charge on any atom is -0.356 e. The summed E-state index contributed by atoms with van der Waals surface area (Å²) in [4.78, 5) is 21.0. The van der Waals surface area contributed by atoms with Gasteiger partial charge in [-0.3, -0.25) is 19.5 Å². The van der Waals surface area contributed by atoms with Crippen LogP contribution in [0, 0.1) is 0 Å². The maximum Gasteiger partial charge on any atom is 0.220 e. The summed E-state index contributed by atoms with van der Waals surface area (Å²) in [5.74, 6) is 0.220. The van der Waals surface area contributed by atoms with Gasteiger partial charge in [0.1, 0.15) is 0 Å². The van der Waals surface area contributed by atoms with E-state index >= 15 is 0 Å². The number of nitrogens with one attached hydrogen (secondary N) is 1. The maximum atomic E-state index is 11.8. The summed E-state index contributed by atoms with van der Waals surface area (Å²) < 4.78 is 0. The molecule has 1 atom stereocenters. The molecule has 0 radical (unpaired) electrons. The maximum absolute atomic E-state index is 11.8. The number of carbonyl (C=O) groups is 1. The standard InChI is InChI=1S/C20H32N4OS/c1-22-10-11-24(16-20(22)5-4-19(25)21-7-6-20)14-18-12-17(15-26-18)13-23-8-2-3-9-23/h12,15H,2-11,13-14,16H2,1H3,(H,21,25)/t20-/m1/s1. The molecule has 3 saturated heterocycles. The fourth-order valence-corrected chi connectivity index (χ4v) is 5.75. The molecule has 1 aromatic heterocycles. The molecule has 26 heavy (non-hydrogen) atoms. The van der Waals surface area contributed by atoms with E-state index in [1.54, 1.807) is 0 Å². The molecule has 4 rings (SSSR count). The first-order valence-corrected chi connectivity index (χ1v) is 11.0. The molecule has 3 aliphatic rings. The zero-order chi connectivity index (χ0) is 18.0. The van der Waals surface area contributed by atoms with E-state index < -0.39 is 0 Å². The molecule has 0 aliphatic carbocycles. The van der Waals surface area contributed by atoms with Crippen LogP contribution in [0.15, 0.2) is 11.4 Å². The lowest BCUT2D eigenvalue weighted by Gasteiger charge is -2.49. The molecule has 3 aliphatic heterocycles. The van der Waals surface area contributed by atoms with E-state index in [1.807, 2.05) is 11.3 Å². The lowest BCUT2D eigenvalue weighted by molar-refractivity contribution is -0.121. The third-order valence-electron chi connectivity index (χ3n) is 6.50. The van der Waals surface area contributed by atoms with Crippen LogP contribution >= 0.6 is 11.3 Å². The molecule has 0 aromatic carbocycles. The van der Waals surface area contributed by atoms with Crippen molar-refractivity contribution in [3.05, 3.63) is 21.9 Å². The quantitative estimate of drug-likeness (QED) is 0.874. The van der Waals surface area contributed by atoms with Crippen molar-refractivity contribution in [3.8, 4) is 0 Å². The number of likely N-dealkylation sites (N-methyl/N-ethyl adjacent to an activating group) is 1. The van der Waals surface area contributed by atoms with Crippen LogP contribution in [0.2, 0.25) is 0 Å². The van der Waals surface area contributed by atoms with Gasteiger partial charge in [-0.15, -0.1) is 11.3 Å². The van der Waals surface area contributed by atoms with Gasteiger partial charge in [0.05, 0.1) is 0 Å². The largest absolute Gasteiger partial charge is 0.356 e. The Balaban J connectivity index is 1.37. The predicted octanol–water partition coefficient (Wildman–Crippen LogP) is 2.13. The number of hydrogen-bond donors (Lipinski definition) is 1. The van der Waals surface area contributed by atoms with Crippen LogP contribution in [0.4, 0.5) is 0 Å². The average molecular weight is 377 g/mol. The molecule has 0 unspecified atom stereocenters. The third kappa shape index (κ3) is 4.14. The average Bonchev–Trinajstić information content (AvgIpc) is 3.25. The van der Waals surface area contributed by atoms with Crippen molar-refractivity contribution in [3.63, 3.8) is 0 Å². The first kappa shape index (κ1) is 18.4. The molecule has 4 heterocycles.